The topological polar surface area (TPSA) is 67.9 Å². The molecule has 174 valence electrons. The van der Waals surface area contributed by atoms with Crippen molar-refractivity contribution in [3.8, 4) is 11.5 Å². The third-order valence-corrected chi connectivity index (χ3v) is 6.25. The Bertz CT molecular complexity index is 1110. The largest absolute Gasteiger partial charge is 0.493 e. The van der Waals surface area contributed by atoms with E-state index >= 15 is 0 Å². The molecule has 2 amide bonds. The van der Waals surface area contributed by atoms with E-state index in [4.69, 9.17) is 21.7 Å². The van der Waals surface area contributed by atoms with E-state index in [0.717, 1.165) is 12.0 Å². The number of ether oxygens (including phenoxy) is 2. The first kappa shape index (κ1) is 24.9. The van der Waals surface area contributed by atoms with Crippen LogP contribution in [0.1, 0.15) is 51.2 Å². The van der Waals surface area contributed by atoms with Gasteiger partial charge in [-0.3, -0.25) is 19.8 Å². The van der Waals surface area contributed by atoms with Crippen molar-refractivity contribution in [1.82, 2.24) is 5.32 Å². The number of thiocarbonyl (C=S) groups is 1. The van der Waals surface area contributed by atoms with Gasteiger partial charge in [-0.2, -0.15) is 0 Å². The second kappa shape index (κ2) is 10.5. The molecule has 2 aromatic carbocycles. The van der Waals surface area contributed by atoms with Gasteiger partial charge in [-0.25, -0.2) is 0 Å². The van der Waals surface area contributed by atoms with Gasteiger partial charge >= 0.3 is 0 Å². The third-order valence-electron chi connectivity index (χ3n) is 5.38. The van der Waals surface area contributed by atoms with Crippen molar-refractivity contribution in [2.24, 2.45) is 0 Å². The zero-order valence-electron chi connectivity index (χ0n) is 19.3. The fraction of sp³-hybridized carbons (Fsp3) is 0.320. The molecule has 1 N–H and O–H groups in total. The van der Waals surface area contributed by atoms with Gasteiger partial charge in [0.15, 0.2) is 16.6 Å². The van der Waals surface area contributed by atoms with Gasteiger partial charge in [0.05, 0.1) is 23.4 Å². The highest BCUT2D eigenvalue weighted by atomic mass is 79.9. The van der Waals surface area contributed by atoms with E-state index in [1.807, 2.05) is 38.1 Å². The molecule has 8 heteroatoms. The SMILES string of the molecule is CC[C@@H](C)Oc1c(Br)cc(/C=C2\C(=O)NC(=S)N(c3ccc(C(C)C)cc3)C2=O)cc1OC. The van der Waals surface area contributed by atoms with Crippen LogP contribution in [0.15, 0.2) is 46.4 Å². The monoisotopic (exact) mass is 530 g/mol. The number of carbonyl (C=O) groups excluding carboxylic acids is 2. The molecular weight excluding hydrogens is 504 g/mol. The average Bonchev–Trinajstić information content (AvgIpc) is 2.78. The van der Waals surface area contributed by atoms with Gasteiger partial charge in [-0.15, -0.1) is 0 Å². The molecule has 1 atom stereocenters. The highest BCUT2D eigenvalue weighted by Gasteiger charge is 2.34. The smallest absolute Gasteiger partial charge is 0.270 e. The predicted octanol–water partition coefficient (Wildman–Crippen LogP) is 5.59. The van der Waals surface area contributed by atoms with E-state index in [1.54, 1.807) is 19.2 Å². The lowest BCUT2D eigenvalue weighted by Crippen LogP contribution is -2.54. The quantitative estimate of drug-likeness (QED) is 0.287. The van der Waals surface area contributed by atoms with Crippen LogP contribution >= 0.6 is 28.1 Å². The van der Waals surface area contributed by atoms with Crippen LogP contribution in [0, 0.1) is 0 Å². The fourth-order valence-corrected chi connectivity index (χ4v) is 4.12. The molecule has 1 aliphatic rings. The number of halogens is 1. The van der Waals surface area contributed by atoms with Crippen LogP contribution < -0.4 is 19.7 Å². The molecule has 0 aliphatic carbocycles. The molecule has 0 aromatic heterocycles. The summed E-state index contributed by atoms with van der Waals surface area (Å²) in [4.78, 5) is 27.3. The number of benzene rings is 2. The van der Waals surface area contributed by atoms with Gasteiger partial charge in [0, 0.05) is 0 Å². The summed E-state index contributed by atoms with van der Waals surface area (Å²) in [5, 5.41) is 2.67. The minimum absolute atomic E-state index is 0.00163. The summed E-state index contributed by atoms with van der Waals surface area (Å²) in [5.74, 6) is 0.392. The van der Waals surface area contributed by atoms with Crippen molar-refractivity contribution in [2.45, 2.75) is 46.1 Å². The van der Waals surface area contributed by atoms with Gasteiger partial charge in [0.25, 0.3) is 11.8 Å². The summed E-state index contributed by atoms with van der Waals surface area (Å²) in [6.07, 6.45) is 2.36. The Labute approximate surface area is 208 Å². The average molecular weight is 531 g/mol. The van der Waals surface area contributed by atoms with Gasteiger partial charge in [0.2, 0.25) is 0 Å². The van der Waals surface area contributed by atoms with E-state index < -0.39 is 11.8 Å². The Morgan fingerprint density at radius 3 is 2.39 bits per heavy atom. The molecule has 3 rings (SSSR count). The zero-order chi connectivity index (χ0) is 24.3. The van der Waals surface area contributed by atoms with Gasteiger partial charge in [0.1, 0.15) is 5.57 Å². The van der Waals surface area contributed by atoms with E-state index in [9.17, 15) is 9.59 Å². The Morgan fingerprint density at radius 1 is 1.15 bits per heavy atom. The number of methoxy groups -OCH3 is 1. The molecular formula is C25H27BrN2O4S. The Balaban J connectivity index is 1.98. The molecule has 1 heterocycles. The van der Waals surface area contributed by atoms with E-state index in [-0.39, 0.29) is 16.8 Å². The number of anilines is 1. The molecule has 2 aromatic rings. The predicted molar refractivity (Wildman–Crippen MR) is 138 cm³/mol. The van der Waals surface area contributed by atoms with Crippen LogP contribution in [0.25, 0.3) is 6.08 Å². The maximum Gasteiger partial charge on any atom is 0.270 e. The molecule has 1 saturated heterocycles. The summed E-state index contributed by atoms with van der Waals surface area (Å²) >= 11 is 8.81. The molecule has 0 bridgehead atoms. The minimum atomic E-state index is -0.546. The zero-order valence-corrected chi connectivity index (χ0v) is 21.7. The van der Waals surface area contributed by atoms with Crippen molar-refractivity contribution in [3.63, 3.8) is 0 Å². The first-order valence-electron chi connectivity index (χ1n) is 10.7. The Morgan fingerprint density at radius 2 is 1.82 bits per heavy atom. The highest BCUT2D eigenvalue weighted by Crippen LogP contribution is 2.38. The second-order valence-electron chi connectivity index (χ2n) is 8.07. The molecule has 0 radical (unpaired) electrons. The second-order valence-corrected chi connectivity index (χ2v) is 9.32. The first-order chi connectivity index (χ1) is 15.7. The van der Waals surface area contributed by atoms with Crippen LogP contribution in [0.3, 0.4) is 0 Å². The molecule has 1 fully saturated rings. The molecule has 1 aliphatic heterocycles. The Hall–Kier alpha value is -2.71. The summed E-state index contributed by atoms with van der Waals surface area (Å²) in [6.45, 7) is 8.19. The van der Waals surface area contributed by atoms with Crippen LogP contribution in [0.4, 0.5) is 5.69 Å². The molecule has 33 heavy (non-hydrogen) atoms. The van der Waals surface area contributed by atoms with E-state index in [0.29, 0.717) is 33.1 Å². The third kappa shape index (κ3) is 5.45. The lowest BCUT2D eigenvalue weighted by Gasteiger charge is -2.29. The lowest BCUT2D eigenvalue weighted by molar-refractivity contribution is -0.122. The summed E-state index contributed by atoms with van der Waals surface area (Å²) in [6, 6.07) is 11.1. The fourth-order valence-electron chi connectivity index (χ4n) is 3.29. The van der Waals surface area contributed by atoms with Crippen LogP contribution in [-0.4, -0.2) is 30.1 Å². The number of nitrogens with one attached hydrogen (secondary N) is 1. The Kier molecular flexibility index (Phi) is 7.92. The van der Waals surface area contributed by atoms with Crippen molar-refractivity contribution < 1.29 is 19.1 Å². The maximum absolute atomic E-state index is 13.3. The van der Waals surface area contributed by atoms with Crippen LogP contribution in [0.2, 0.25) is 0 Å². The van der Waals surface area contributed by atoms with Gasteiger partial charge in [-0.05, 0) is 88.9 Å². The maximum atomic E-state index is 13.3. The normalized spacial score (nSPS) is 16.3. The highest BCUT2D eigenvalue weighted by molar-refractivity contribution is 9.10. The number of hydrogen-bond acceptors (Lipinski definition) is 5. The number of rotatable bonds is 7. The first-order valence-corrected chi connectivity index (χ1v) is 11.9. The van der Waals surface area contributed by atoms with E-state index in [1.165, 1.54) is 11.0 Å². The van der Waals surface area contributed by atoms with Crippen LogP contribution in [-0.2, 0) is 9.59 Å². The van der Waals surface area contributed by atoms with Crippen LogP contribution in [0.5, 0.6) is 11.5 Å². The summed E-state index contributed by atoms with van der Waals surface area (Å²) < 4.78 is 12.1. The summed E-state index contributed by atoms with van der Waals surface area (Å²) in [5.41, 5.74) is 2.32. The van der Waals surface area contributed by atoms with E-state index in [2.05, 4.69) is 35.1 Å². The van der Waals surface area contributed by atoms with Crippen molar-refractivity contribution in [3.05, 3.63) is 57.6 Å². The summed E-state index contributed by atoms with van der Waals surface area (Å²) in [7, 11) is 1.54. The molecule has 6 nitrogen and oxygen atoms in total. The lowest BCUT2D eigenvalue weighted by atomic mass is 10.0. The number of hydrogen-bond donors (Lipinski definition) is 1. The number of nitrogens with zero attached hydrogens (tertiary/aromatic N) is 1. The molecule has 0 saturated carbocycles. The van der Waals surface area contributed by atoms with Gasteiger partial charge in [-0.1, -0.05) is 32.9 Å². The molecule has 0 unspecified atom stereocenters. The van der Waals surface area contributed by atoms with Gasteiger partial charge < -0.3 is 9.47 Å². The number of carbonyl (C=O) groups is 2. The number of amides is 2. The standard InChI is InChI=1S/C25H27BrN2O4S/c1-6-15(4)32-22-20(26)12-16(13-21(22)31-5)11-19-23(29)27-25(33)28(24(19)30)18-9-7-17(8-10-18)14(2)3/h7-15H,6H2,1-5H3,(H,27,29,33)/b19-11+/t15-/m1/s1. The van der Waals surface area contributed by atoms with Crippen molar-refractivity contribution in [2.75, 3.05) is 12.0 Å². The molecule has 0 spiro atoms. The minimum Gasteiger partial charge on any atom is -0.493 e. The van der Waals surface area contributed by atoms with Crippen molar-refractivity contribution >= 4 is 56.8 Å². The van der Waals surface area contributed by atoms with Crippen molar-refractivity contribution in [1.29, 1.82) is 0 Å².